The molecule has 110 valence electrons. The van der Waals surface area contributed by atoms with Gasteiger partial charge < -0.3 is 10.2 Å². The van der Waals surface area contributed by atoms with Gasteiger partial charge in [0.2, 0.25) is 5.91 Å². The van der Waals surface area contributed by atoms with E-state index in [0.717, 1.165) is 52.1 Å². The zero-order valence-corrected chi connectivity index (χ0v) is 12.7. The summed E-state index contributed by atoms with van der Waals surface area (Å²) in [4.78, 5) is 18.1. The van der Waals surface area contributed by atoms with E-state index in [0.29, 0.717) is 18.4 Å². The largest absolute Gasteiger partial charge is 0.340 e. The van der Waals surface area contributed by atoms with Gasteiger partial charge >= 0.3 is 0 Å². The minimum absolute atomic E-state index is 0.341. The SMILES string of the molecule is O=C(CCCc1cccs1)N1CCN(C2CNC2)CC1. The molecule has 0 unspecified atom stereocenters. The first-order chi connectivity index (χ1) is 9.83. The van der Waals surface area contributed by atoms with Crippen LogP contribution in [0.2, 0.25) is 0 Å². The second kappa shape index (κ2) is 6.70. The second-order valence-electron chi connectivity index (χ2n) is 5.66. The van der Waals surface area contributed by atoms with Crippen LogP contribution in [0.1, 0.15) is 17.7 Å². The lowest BCUT2D eigenvalue weighted by molar-refractivity contribution is -0.133. The molecule has 3 heterocycles. The normalized spacial score (nSPS) is 20.9. The van der Waals surface area contributed by atoms with Gasteiger partial charge in [-0.3, -0.25) is 9.69 Å². The molecule has 2 saturated heterocycles. The molecule has 4 nitrogen and oxygen atoms in total. The number of aryl methyl sites for hydroxylation is 1. The van der Waals surface area contributed by atoms with Crippen LogP contribution in [0, 0.1) is 0 Å². The number of nitrogens with one attached hydrogen (secondary N) is 1. The third-order valence-electron chi connectivity index (χ3n) is 4.34. The third-order valence-corrected chi connectivity index (χ3v) is 5.27. The molecule has 1 N–H and O–H groups in total. The number of nitrogens with zero attached hydrogens (tertiary/aromatic N) is 2. The number of hydrogen-bond acceptors (Lipinski definition) is 4. The molecule has 2 aliphatic heterocycles. The highest BCUT2D eigenvalue weighted by atomic mass is 32.1. The molecule has 5 heteroatoms. The van der Waals surface area contributed by atoms with Crippen LogP contribution in [-0.2, 0) is 11.2 Å². The monoisotopic (exact) mass is 293 g/mol. The van der Waals surface area contributed by atoms with Gasteiger partial charge in [-0.2, -0.15) is 0 Å². The molecule has 20 heavy (non-hydrogen) atoms. The van der Waals surface area contributed by atoms with Gasteiger partial charge in [-0.15, -0.1) is 11.3 Å². The molecule has 1 aromatic rings. The first-order valence-electron chi connectivity index (χ1n) is 7.58. The van der Waals surface area contributed by atoms with Crippen molar-refractivity contribution in [2.75, 3.05) is 39.3 Å². The van der Waals surface area contributed by atoms with Crippen molar-refractivity contribution < 1.29 is 4.79 Å². The Balaban J connectivity index is 1.35. The number of hydrogen-bond donors (Lipinski definition) is 1. The van der Waals surface area contributed by atoms with E-state index in [-0.39, 0.29) is 0 Å². The van der Waals surface area contributed by atoms with Crippen LogP contribution in [0.5, 0.6) is 0 Å². The summed E-state index contributed by atoms with van der Waals surface area (Å²) in [5.41, 5.74) is 0. The Morgan fingerprint density at radius 1 is 1.30 bits per heavy atom. The van der Waals surface area contributed by atoms with E-state index in [9.17, 15) is 4.79 Å². The fourth-order valence-electron chi connectivity index (χ4n) is 2.89. The Labute approximate surface area is 124 Å². The van der Waals surface area contributed by atoms with Crippen LogP contribution in [0.15, 0.2) is 17.5 Å². The van der Waals surface area contributed by atoms with Gasteiger partial charge in [0.1, 0.15) is 0 Å². The average Bonchev–Trinajstić information content (AvgIpc) is 2.91. The lowest BCUT2D eigenvalue weighted by Gasteiger charge is -2.43. The van der Waals surface area contributed by atoms with Crippen LogP contribution < -0.4 is 5.32 Å². The fourth-order valence-corrected chi connectivity index (χ4v) is 3.65. The number of amides is 1. The minimum atomic E-state index is 0.341. The highest BCUT2D eigenvalue weighted by Gasteiger charge is 2.28. The number of piperazine rings is 1. The summed E-state index contributed by atoms with van der Waals surface area (Å²) in [6.45, 7) is 6.15. The van der Waals surface area contributed by atoms with Crippen molar-refractivity contribution in [3.05, 3.63) is 22.4 Å². The molecule has 0 saturated carbocycles. The van der Waals surface area contributed by atoms with Crippen LogP contribution in [0.3, 0.4) is 0 Å². The highest BCUT2D eigenvalue weighted by Crippen LogP contribution is 2.14. The molecule has 0 aliphatic carbocycles. The van der Waals surface area contributed by atoms with E-state index in [1.54, 1.807) is 11.3 Å². The van der Waals surface area contributed by atoms with Crippen molar-refractivity contribution in [1.29, 1.82) is 0 Å². The zero-order valence-electron chi connectivity index (χ0n) is 11.9. The summed E-state index contributed by atoms with van der Waals surface area (Å²) in [6.07, 6.45) is 2.71. The van der Waals surface area contributed by atoms with Crippen molar-refractivity contribution >= 4 is 17.2 Å². The maximum atomic E-state index is 12.2. The first-order valence-corrected chi connectivity index (χ1v) is 8.46. The smallest absolute Gasteiger partial charge is 0.222 e. The predicted molar refractivity (Wildman–Crippen MR) is 82.1 cm³/mol. The molecule has 0 aromatic carbocycles. The molecular formula is C15H23N3OS. The Hall–Kier alpha value is -0.910. The summed E-state index contributed by atoms with van der Waals surface area (Å²) in [5.74, 6) is 0.341. The molecule has 0 radical (unpaired) electrons. The Bertz CT molecular complexity index is 422. The Morgan fingerprint density at radius 2 is 2.10 bits per heavy atom. The molecule has 2 aliphatic rings. The second-order valence-corrected chi connectivity index (χ2v) is 6.69. The number of carbonyl (C=O) groups is 1. The first kappa shape index (κ1) is 14.0. The Morgan fingerprint density at radius 3 is 2.70 bits per heavy atom. The van der Waals surface area contributed by atoms with Gasteiger partial charge in [-0.05, 0) is 24.3 Å². The van der Waals surface area contributed by atoms with E-state index in [1.165, 1.54) is 4.88 Å². The molecule has 1 aromatic heterocycles. The summed E-state index contributed by atoms with van der Waals surface area (Å²) in [7, 11) is 0. The van der Waals surface area contributed by atoms with Gasteiger partial charge in [0.05, 0.1) is 0 Å². The molecule has 2 fully saturated rings. The van der Waals surface area contributed by atoms with E-state index in [1.807, 2.05) is 0 Å². The number of thiophene rings is 1. The van der Waals surface area contributed by atoms with E-state index < -0.39 is 0 Å². The molecule has 1 amide bonds. The van der Waals surface area contributed by atoms with Gasteiger partial charge in [0, 0.05) is 56.6 Å². The van der Waals surface area contributed by atoms with Crippen LogP contribution in [0.25, 0.3) is 0 Å². The topological polar surface area (TPSA) is 35.6 Å². The quantitative estimate of drug-likeness (QED) is 0.886. The van der Waals surface area contributed by atoms with Crippen molar-refractivity contribution in [3.8, 4) is 0 Å². The molecule has 0 bridgehead atoms. The van der Waals surface area contributed by atoms with Crippen molar-refractivity contribution in [3.63, 3.8) is 0 Å². The highest BCUT2D eigenvalue weighted by molar-refractivity contribution is 7.09. The van der Waals surface area contributed by atoms with Crippen molar-refractivity contribution in [2.24, 2.45) is 0 Å². The summed E-state index contributed by atoms with van der Waals surface area (Å²) in [6, 6.07) is 4.95. The van der Waals surface area contributed by atoms with E-state index >= 15 is 0 Å². The third kappa shape index (κ3) is 3.40. The number of rotatable bonds is 5. The van der Waals surface area contributed by atoms with Gasteiger partial charge in [0.15, 0.2) is 0 Å². The minimum Gasteiger partial charge on any atom is -0.340 e. The lowest BCUT2D eigenvalue weighted by atomic mass is 10.1. The van der Waals surface area contributed by atoms with Gasteiger partial charge in [0.25, 0.3) is 0 Å². The van der Waals surface area contributed by atoms with E-state index in [2.05, 4.69) is 32.6 Å². The average molecular weight is 293 g/mol. The van der Waals surface area contributed by atoms with E-state index in [4.69, 9.17) is 0 Å². The van der Waals surface area contributed by atoms with Crippen LogP contribution in [0.4, 0.5) is 0 Å². The molecular weight excluding hydrogens is 270 g/mol. The standard InChI is InChI=1S/C15H23N3OS/c19-15(5-1-3-14-4-2-10-20-14)18-8-6-17(7-9-18)13-11-16-12-13/h2,4,10,13,16H,1,3,5-9,11-12H2. The predicted octanol–water partition coefficient (Wildman–Crippen LogP) is 1.19. The molecule has 0 atom stereocenters. The maximum absolute atomic E-state index is 12.2. The Kier molecular flexibility index (Phi) is 4.70. The van der Waals surface area contributed by atoms with Crippen molar-refractivity contribution in [1.82, 2.24) is 15.1 Å². The zero-order chi connectivity index (χ0) is 13.8. The van der Waals surface area contributed by atoms with Crippen molar-refractivity contribution in [2.45, 2.75) is 25.3 Å². The summed E-state index contributed by atoms with van der Waals surface area (Å²) in [5, 5.41) is 5.42. The molecule has 0 spiro atoms. The molecule has 3 rings (SSSR count). The summed E-state index contributed by atoms with van der Waals surface area (Å²) >= 11 is 1.79. The van der Waals surface area contributed by atoms with Crippen LogP contribution >= 0.6 is 11.3 Å². The lowest BCUT2D eigenvalue weighted by Crippen LogP contribution is -2.62. The fraction of sp³-hybridized carbons (Fsp3) is 0.667. The van der Waals surface area contributed by atoms with Gasteiger partial charge in [-0.25, -0.2) is 0 Å². The maximum Gasteiger partial charge on any atom is 0.222 e. The summed E-state index contributed by atoms with van der Waals surface area (Å²) < 4.78 is 0. The van der Waals surface area contributed by atoms with Gasteiger partial charge in [-0.1, -0.05) is 6.07 Å². The van der Waals surface area contributed by atoms with Crippen LogP contribution in [-0.4, -0.2) is 61.0 Å². The number of carbonyl (C=O) groups excluding carboxylic acids is 1.